The van der Waals surface area contributed by atoms with Crippen molar-refractivity contribution in [1.82, 2.24) is 10.2 Å². The third kappa shape index (κ3) is 4.37. The van der Waals surface area contributed by atoms with Gasteiger partial charge in [0.25, 0.3) is 0 Å². The summed E-state index contributed by atoms with van der Waals surface area (Å²) >= 11 is 0. The molecule has 0 saturated carbocycles. The SMILES string of the molecule is NC(=O)N1CCC(NCC(F)(F)F)CC1. The maximum atomic E-state index is 11.9. The number of nitrogens with zero attached hydrogens (tertiary/aromatic N) is 1. The fourth-order valence-corrected chi connectivity index (χ4v) is 1.56. The molecule has 1 heterocycles. The van der Waals surface area contributed by atoms with E-state index in [2.05, 4.69) is 5.32 Å². The van der Waals surface area contributed by atoms with E-state index < -0.39 is 18.8 Å². The molecule has 1 aliphatic rings. The van der Waals surface area contributed by atoms with Crippen molar-refractivity contribution in [2.24, 2.45) is 5.73 Å². The molecular formula is C8H14F3N3O. The summed E-state index contributed by atoms with van der Waals surface area (Å²) in [5.41, 5.74) is 5.04. The van der Waals surface area contributed by atoms with Gasteiger partial charge in [0.2, 0.25) is 0 Å². The van der Waals surface area contributed by atoms with Gasteiger partial charge in [-0.15, -0.1) is 0 Å². The molecule has 15 heavy (non-hydrogen) atoms. The number of urea groups is 1. The highest BCUT2D eigenvalue weighted by atomic mass is 19.4. The molecule has 0 aromatic rings. The first kappa shape index (κ1) is 12.1. The third-order valence-corrected chi connectivity index (χ3v) is 2.40. The lowest BCUT2D eigenvalue weighted by Crippen LogP contribution is -2.48. The van der Waals surface area contributed by atoms with Crippen LogP contribution in [0, 0.1) is 0 Å². The summed E-state index contributed by atoms with van der Waals surface area (Å²) in [5.74, 6) is 0. The number of hydrogen-bond acceptors (Lipinski definition) is 2. The largest absolute Gasteiger partial charge is 0.401 e. The molecule has 0 aromatic heterocycles. The number of carbonyl (C=O) groups excluding carboxylic acids is 1. The quantitative estimate of drug-likeness (QED) is 0.726. The highest BCUT2D eigenvalue weighted by Gasteiger charge is 2.29. The molecule has 0 aliphatic carbocycles. The predicted molar refractivity (Wildman–Crippen MR) is 48.2 cm³/mol. The Hall–Kier alpha value is -0.980. The van der Waals surface area contributed by atoms with E-state index in [-0.39, 0.29) is 6.04 Å². The van der Waals surface area contributed by atoms with E-state index >= 15 is 0 Å². The third-order valence-electron chi connectivity index (χ3n) is 2.40. The van der Waals surface area contributed by atoms with E-state index in [0.717, 1.165) is 0 Å². The van der Waals surface area contributed by atoms with Crippen LogP contribution in [0.2, 0.25) is 0 Å². The Morgan fingerprint density at radius 1 is 1.40 bits per heavy atom. The van der Waals surface area contributed by atoms with Gasteiger partial charge >= 0.3 is 12.2 Å². The van der Waals surface area contributed by atoms with Crippen LogP contribution in [0.3, 0.4) is 0 Å². The topological polar surface area (TPSA) is 58.4 Å². The second-order valence-electron chi connectivity index (χ2n) is 3.60. The van der Waals surface area contributed by atoms with Crippen LogP contribution in [-0.2, 0) is 0 Å². The molecule has 88 valence electrons. The minimum Gasteiger partial charge on any atom is -0.351 e. The van der Waals surface area contributed by atoms with E-state index in [1.165, 1.54) is 4.90 Å². The van der Waals surface area contributed by atoms with Crippen LogP contribution in [0.15, 0.2) is 0 Å². The van der Waals surface area contributed by atoms with Gasteiger partial charge < -0.3 is 16.0 Å². The van der Waals surface area contributed by atoms with E-state index in [1.807, 2.05) is 0 Å². The number of alkyl halides is 3. The van der Waals surface area contributed by atoms with E-state index in [1.54, 1.807) is 0 Å². The lowest BCUT2D eigenvalue weighted by atomic mass is 10.1. The van der Waals surface area contributed by atoms with Crippen molar-refractivity contribution in [3.05, 3.63) is 0 Å². The van der Waals surface area contributed by atoms with Gasteiger partial charge in [0, 0.05) is 19.1 Å². The van der Waals surface area contributed by atoms with Gasteiger partial charge in [-0.3, -0.25) is 0 Å². The Morgan fingerprint density at radius 3 is 2.33 bits per heavy atom. The standard InChI is InChI=1S/C8H14F3N3O/c9-8(10,11)5-13-6-1-3-14(4-2-6)7(12)15/h6,13H,1-5H2,(H2,12,15). The Balaban J connectivity index is 2.23. The average Bonchev–Trinajstić information content (AvgIpc) is 2.14. The lowest BCUT2D eigenvalue weighted by Gasteiger charge is -2.31. The van der Waals surface area contributed by atoms with Crippen LogP contribution in [0.5, 0.6) is 0 Å². The Labute approximate surface area is 85.6 Å². The second kappa shape index (κ2) is 4.69. The molecule has 0 spiro atoms. The Bertz CT molecular complexity index is 224. The van der Waals surface area contributed by atoms with Crippen molar-refractivity contribution in [2.45, 2.75) is 25.1 Å². The van der Waals surface area contributed by atoms with Gasteiger partial charge in [-0.2, -0.15) is 13.2 Å². The van der Waals surface area contributed by atoms with Crippen molar-refractivity contribution < 1.29 is 18.0 Å². The molecule has 0 unspecified atom stereocenters. The van der Waals surface area contributed by atoms with Crippen molar-refractivity contribution in [2.75, 3.05) is 19.6 Å². The van der Waals surface area contributed by atoms with Gasteiger partial charge in [-0.1, -0.05) is 0 Å². The van der Waals surface area contributed by atoms with Crippen LogP contribution in [0.25, 0.3) is 0 Å². The number of nitrogens with one attached hydrogen (secondary N) is 1. The molecule has 1 aliphatic heterocycles. The highest BCUT2D eigenvalue weighted by Crippen LogP contribution is 2.15. The smallest absolute Gasteiger partial charge is 0.351 e. The molecule has 7 heteroatoms. The van der Waals surface area contributed by atoms with Crippen molar-refractivity contribution in [3.63, 3.8) is 0 Å². The van der Waals surface area contributed by atoms with Crippen LogP contribution in [0.1, 0.15) is 12.8 Å². The summed E-state index contributed by atoms with van der Waals surface area (Å²) < 4.78 is 35.6. The summed E-state index contributed by atoms with van der Waals surface area (Å²) in [5, 5.41) is 2.42. The number of amides is 2. The Kier molecular flexibility index (Phi) is 3.78. The first-order valence-corrected chi connectivity index (χ1v) is 4.73. The molecule has 4 nitrogen and oxygen atoms in total. The molecule has 3 N–H and O–H groups in total. The van der Waals surface area contributed by atoms with Gasteiger partial charge in [0.05, 0.1) is 6.54 Å². The van der Waals surface area contributed by atoms with E-state index in [4.69, 9.17) is 5.73 Å². The zero-order chi connectivity index (χ0) is 11.5. The molecule has 0 bridgehead atoms. The molecule has 1 fully saturated rings. The van der Waals surface area contributed by atoms with Crippen LogP contribution in [-0.4, -0.2) is 42.8 Å². The van der Waals surface area contributed by atoms with Crippen molar-refractivity contribution >= 4 is 6.03 Å². The predicted octanol–water partition coefficient (Wildman–Crippen LogP) is 0.681. The van der Waals surface area contributed by atoms with Crippen molar-refractivity contribution in [3.8, 4) is 0 Å². The van der Waals surface area contributed by atoms with Crippen LogP contribution < -0.4 is 11.1 Å². The average molecular weight is 225 g/mol. The first-order chi connectivity index (χ1) is 6.88. The highest BCUT2D eigenvalue weighted by molar-refractivity contribution is 5.72. The fraction of sp³-hybridized carbons (Fsp3) is 0.875. The maximum absolute atomic E-state index is 11.9. The molecule has 0 aromatic carbocycles. The summed E-state index contributed by atoms with van der Waals surface area (Å²) in [4.78, 5) is 12.2. The van der Waals surface area contributed by atoms with Crippen molar-refractivity contribution in [1.29, 1.82) is 0 Å². The van der Waals surface area contributed by atoms with Crippen LogP contribution >= 0.6 is 0 Å². The summed E-state index contributed by atoms with van der Waals surface area (Å²) in [6.45, 7) is -0.135. The number of rotatable bonds is 2. The number of hydrogen-bond donors (Lipinski definition) is 2. The molecule has 2 amide bonds. The van der Waals surface area contributed by atoms with E-state index in [0.29, 0.717) is 25.9 Å². The number of piperidine rings is 1. The van der Waals surface area contributed by atoms with Crippen LogP contribution in [0.4, 0.5) is 18.0 Å². The maximum Gasteiger partial charge on any atom is 0.401 e. The monoisotopic (exact) mass is 225 g/mol. The Morgan fingerprint density at radius 2 is 1.93 bits per heavy atom. The molecule has 0 atom stereocenters. The number of halogens is 3. The molecule has 0 radical (unpaired) electrons. The summed E-state index contributed by atoms with van der Waals surface area (Å²) in [6.07, 6.45) is -3.15. The van der Waals surface area contributed by atoms with Gasteiger partial charge in [0.1, 0.15) is 0 Å². The molecule has 1 rings (SSSR count). The zero-order valence-electron chi connectivity index (χ0n) is 8.18. The summed E-state index contributed by atoms with van der Waals surface area (Å²) in [6, 6.07) is -0.688. The first-order valence-electron chi connectivity index (χ1n) is 4.73. The number of nitrogens with two attached hydrogens (primary N) is 1. The minimum absolute atomic E-state index is 0.178. The van der Waals surface area contributed by atoms with Gasteiger partial charge in [-0.25, -0.2) is 4.79 Å². The lowest BCUT2D eigenvalue weighted by molar-refractivity contribution is -0.126. The van der Waals surface area contributed by atoms with Gasteiger partial charge in [0.15, 0.2) is 0 Å². The van der Waals surface area contributed by atoms with Gasteiger partial charge in [-0.05, 0) is 12.8 Å². The number of carbonyl (C=O) groups is 1. The molecule has 1 saturated heterocycles. The fourth-order valence-electron chi connectivity index (χ4n) is 1.56. The number of primary amides is 1. The number of likely N-dealkylation sites (tertiary alicyclic amines) is 1. The van der Waals surface area contributed by atoms with E-state index in [9.17, 15) is 18.0 Å². The summed E-state index contributed by atoms with van der Waals surface area (Å²) in [7, 11) is 0. The normalized spacial score (nSPS) is 19.3. The minimum atomic E-state index is -4.18. The zero-order valence-corrected chi connectivity index (χ0v) is 8.18. The molecular weight excluding hydrogens is 211 g/mol. The second-order valence-corrected chi connectivity index (χ2v) is 3.60.